The topological polar surface area (TPSA) is 94.2 Å². The van der Waals surface area contributed by atoms with E-state index in [1.807, 2.05) is 82.3 Å². The van der Waals surface area contributed by atoms with E-state index in [1.54, 1.807) is 26.4 Å². The molecule has 8 nitrogen and oxygen atoms in total. The average Bonchev–Trinajstić information content (AvgIpc) is 2.96. The van der Waals surface area contributed by atoms with Crippen molar-refractivity contribution >= 4 is 51.5 Å². The zero-order valence-electron chi connectivity index (χ0n) is 25.6. The normalized spacial score (nSPS) is 14.7. The second-order valence-corrected chi connectivity index (χ2v) is 12.3. The van der Waals surface area contributed by atoms with Crippen LogP contribution in [0.1, 0.15) is 69.1 Å². The molecule has 1 amide bonds. The van der Waals surface area contributed by atoms with Crippen molar-refractivity contribution < 1.29 is 26.9 Å². The van der Waals surface area contributed by atoms with E-state index in [2.05, 4.69) is 9.62 Å². The molecule has 1 aliphatic heterocycles. The minimum absolute atomic E-state index is 0. The van der Waals surface area contributed by atoms with Crippen LogP contribution in [0.15, 0.2) is 66.7 Å². The van der Waals surface area contributed by atoms with Gasteiger partial charge in [-0.15, -0.1) is 0 Å². The Morgan fingerprint density at radius 1 is 0.857 bits per heavy atom. The molecule has 0 unspecified atom stereocenters. The second-order valence-electron chi connectivity index (χ2n) is 11.0. The van der Waals surface area contributed by atoms with Crippen molar-refractivity contribution in [3.8, 4) is 17.2 Å². The van der Waals surface area contributed by atoms with E-state index in [1.165, 1.54) is 0 Å². The fourth-order valence-corrected chi connectivity index (χ4v) is 6.38. The number of carbonyl (C=O) groups excluding carboxylic acids is 1. The van der Waals surface area contributed by atoms with Gasteiger partial charge in [-0.25, -0.2) is 4.72 Å². The van der Waals surface area contributed by atoms with Crippen LogP contribution in [0.25, 0.3) is 0 Å². The number of hydrogen-bond acceptors (Lipinski definition) is 7. The summed E-state index contributed by atoms with van der Waals surface area (Å²) in [7, 11) is -1.31. The van der Waals surface area contributed by atoms with Crippen LogP contribution in [-0.2, 0) is 20.5 Å². The molecular formula is C32H40N2NaO6S. The molecule has 0 bridgehead atoms. The summed E-state index contributed by atoms with van der Waals surface area (Å²) in [6.45, 7) is 8.93. The Labute approximate surface area is 272 Å². The van der Waals surface area contributed by atoms with Crippen molar-refractivity contribution in [2.45, 2.75) is 57.8 Å². The maximum absolute atomic E-state index is 14.1. The Balaban J connectivity index is 0.00000484. The molecule has 1 fully saturated rings. The molecule has 0 aromatic heterocycles. The third-order valence-corrected chi connectivity index (χ3v) is 8.65. The van der Waals surface area contributed by atoms with Crippen LogP contribution >= 0.6 is 0 Å². The number of carbonyl (C=O) groups is 1. The molecule has 3 aromatic rings. The average molecular weight is 604 g/mol. The zero-order valence-corrected chi connectivity index (χ0v) is 28.5. The van der Waals surface area contributed by atoms with Gasteiger partial charge in [0.05, 0.1) is 25.3 Å². The second kappa shape index (κ2) is 14.2. The maximum Gasteiger partial charge on any atom is 0.409 e. The Hall–Kier alpha value is -2.72. The van der Waals surface area contributed by atoms with Gasteiger partial charge in [0.2, 0.25) is 5.91 Å². The Morgan fingerprint density at radius 3 is 2.02 bits per heavy atom. The fraction of sp³-hybridized carbons (Fsp3) is 0.406. The molecule has 4 rings (SSSR count). The standard InChI is InChI=1S/C32H40N2O6S.Na/c1-22(2)26-13-10-14-27(23(3)4)30(26)40-41(36,37)33-31(35)32(24-11-9-12-25(21-24)38-5)17-19-34(20-18-32)28-15-7-8-16-29(28)39-6;/h7-16,21-23H,17-20H2,1-6H3,(H,33,35);. The van der Waals surface area contributed by atoms with Gasteiger partial charge >= 0.3 is 10.3 Å². The molecule has 1 heterocycles. The van der Waals surface area contributed by atoms with Crippen LogP contribution in [0, 0.1) is 0 Å². The van der Waals surface area contributed by atoms with Crippen LogP contribution in [0.3, 0.4) is 0 Å². The number of amides is 1. The van der Waals surface area contributed by atoms with Crippen LogP contribution in [-0.4, -0.2) is 71.2 Å². The van der Waals surface area contributed by atoms with Crippen LogP contribution in [0.5, 0.6) is 17.2 Å². The predicted octanol–water partition coefficient (Wildman–Crippen LogP) is 5.55. The molecule has 3 aromatic carbocycles. The summed E-state index contributed by atoms with van der Waals surface area (Å²) >= 11 is 0. The summed E-state index contributed by atoms with van der Waals surface area (Å²) < 4.78 is 45.9. The third kappa shape index (κ3) is 7.25. The summed E-state index contributed by atoms with van der Waals surface area (Å²) in [5.41, 5.74) is 2.03. The molecule has 42 heavy (non-hydrogen) atoms. The van der Waals surface area contributed by atoms with Crippen LogP contribution < -0.4 is 23.3 Å². The summed E-state index contributed by atoms with van der Waals surface area (Å²) in [5.74, 6) is 1.03. The van der Waals surface area contributed by atoms with Crippen molar-refractivity contribution in [2.24, 2.45) is 0 Å². The molecule has 1 N–H and O–H groups in total. The van der Waals surface area contributed by atoms with E-state index < -0.39 is 21.6 Å². The Bertz CT molecular complexity index is 1460. The van der Waals surface area contributed by atoms with Gasteiger partial charge in [-0.1, -0.05) is 70.2 Å². The third-order valence-electron chi connectivity index (χ3n) is 7.83. The molecular weight excluding hydrogens is 563 g/mol. The van der Waals surface area contributed by atoms with Crippen LogP contribution in [0.2, 0.25) is 0 Å². The minimum Gasteiger partial charge on any atom is -0.497 e. The monoisotopic (exact) mass is 603 g/mol. The van der Waals surface area contributed by atoms with Crippen molar-refractivity contribution in [1.82, 2.24) is 4.72 Å². The van der Waals surface area contributed by atoms with Gasteiger partial charge in [-0.05, 0) is 65.6 Å². The van der Waals surface area contributed by atoms with E-state index in [0.29, 0.717) is 37.2 Å². The van der Waals surface area contributed by atoms with E-state index >= 15 is 0 Å². The summed E-state index contributed by atoms with van der Waals surface area (Å²) in [5, 5.41) is 0. The van der Waals surface area contributed by atoms with Gasteiger partial charge in [0.15, 0.2) is 5.75 Å². The number of nitrogens with zero attached hydrogens (tertiary/aromatic N) is 1. The van der Waals surface area contributed by atoms with Gasteiger partial charge in [-0.2, -0.15) is 8.42 Å². The smallest absolute Gasteiger partial charge is 0.409 e. The Morgan fingerprint density at radius 2 is 1.45 bits per heavy atom. The fourth-order valence-electron chi connectivity index (χ4n) is 5.51. The number of para-hydroxylation sites is 3. The van der Waals surface area contributed by atoms with Crippen molar-refractivity contribution in [2.75, 3.05) is 32.2 Å². The summed E-state index contributed by atoms with van der Waals surface area (Å²) in [6.07, 6.45) is 0.749. The summed E-state index contributed by atoms with van der Waals surface area (Å²) in [6, 6.07) is 20.6. The van der Waals surface area contributed by atoms with E-state index in [0.717, 1.165) is 22.6 Å². The molecule has 10 heteroatoms. The molecule has 0 aliphatic carbocycles. The van der Waals surface area contributed by atoms with Gasteiger partial charge in [0.1, 0.15) is 11.5 Å². The van der Waals surface area contributed by atoms with E-state index in [4.69, 9.17) is 13.7 Å². The number of piperidine rings is 1. The van der Waals surface area contributed by atoms with Gasteiger partial charge in [0, 0.05) is 42.6 Å². The summed E-state index contributed by atoms with van der Waals surface area (Å²) in [4.78, 5) is 16.2. The number of rotatable bonds is 10. The van der Waals surface area contributed by atoms with Gasteiger partial charge in [-0.3, -0.25) is 4.79 Å². The molecule has 0 saturated carbocycles. The van der Waals surface area contributed by atoms with Crippen molar-refractivity contribution in [3.63, 3.8) is 0 Å². The first-order valence-electron chi connectivity index (χ1n) is 13.9. The van der Waals surface area contributed by atoms with Gasteiger partial charge in [0.25, 0.3) is 0 Å². The molecule has 0 atom stereocenters. The van der Waals surface area contributed by atoms with Crippen molar-refractivity contribution in [1.29, 1.82) is 0 Å². The number of methoxy groups -OCH3 is 2. The first kappa shape index (κ1) is 33.8. The van der Waals surface area contributed by atoms with E-state index in [-0.39, 0.29) is 47.1 Å². The van der Waals surface area contributed by atoms with E-state index in [9.17, 15) is 13.2 Å². The number of ether oxygens (including phenoxy) is 2. The number of nitrogens with one attached hydrogen (secondary N) is 1. The molecule has 0 spiro atoms. The number of benzene rings is 3. The SMILES string of the molecule is COc1cccc(C2(C(=O)NS(=O)(=O)Oc3c(C(C)C)cccc3C(C)C)CCN(c3ccccc3OC)CC2)c1.[Na]. The maximum atomic E-state index is 14.1. The molecule has 1 aliphatic rings. The van der Waals surface area contributed by atoms with Crippen molar-refractivity contribution in [3.05, 3.63) is 83.4 Å². The first-order valence-corrected chi connectivity index (χ1v) is 15.3. The van der Waals surface area contributed by atoms with Gasteiger partial charge < -0.3 is 18.6 Å². The van der Waals surface area contributed by atoms with Crippen LogP contribution in [0.4, 0.5) is 5.69 Å². The minimum atomic E-state index is -4.50. The Kier molecular flexibility index (Phi) is 11.4. The number of hydrogen-bond donors (Lipinski definition) is 1. The first-order chi connectivity index (χ1) is 19.5. The zero-order chi connectivity index (χ0) is 29.8. The molecule has 1 saturated heterocycles. The largest absolute Gasteiger partial charge is 0.497 e. The predicted molar refractivity (Wildman–Crippen MR) is 167 cm³/mol. The molecule has 221 valence electrons. The quantitative estimate of drug-likeness (QED) is 0.304. The molecule has 1 radical (unpaired) electrons. The number of anilines is 1.